The van der Waals surface area contributed by atoms with E-state index in [0.29, 0.717) is 17.1 Å². The Morgan fingerprint density at radius 2 is 1.91 bits per heavy atom. The van der Waals surface area contributed by atoms with Gasteiger partial charge in [0.2, 0.25) is 0 Å². The smallest absolute Gasteiger partial charge is 0.331 e. The first-order valence-corrected chi connectivity index (χ1v) is 6.59. The molecule has 8 nitrogen and oxygen atoms in total. The molecule has 0 aliphatic heterocycles. The first kappa shape index (κ1) is 18.0. The zero-order valence-electron chi connectivity index (χ0n) is 13.0. The summed E-state index contributed by atoms with van der Waals surface area (Å²) < 4.78 is 15.1. The van der Waals surface area contributed by atoms with Gasteiger partial charge in [0.25, 0.3) is 5.91 Å². The number of rotatable bonds is 6. The summed E-state index contributed by atoms with van der Waals surface area (Å²) in [6.07, 6.45) is 2.62. The highest BCUT2D eigenvalue weighted by atomic mass is 16.5. The van der Waals surface area contributed by atoms with Crippen molar-refractivity contribution < 1.29 is 28.6 Å². The maximum Gasteiger partial charge on any atom is 0.331 e. The lowest BCUT2D eigenvalue weighted by atomic mass is 10.1. The fourth-order valence-corrected chi connectivity index (χ4v) is 1.61. The summed E-state index contributed by atoms with van der Waals surface area (Å²) in [5.41, 5.74) is 0.610. The number of ether oxygens (including phenoxy) is 3. The van der Waals surface area contributed by atoms with Crippen LogP contribution in [-0.2, 0) is 14.3 Å². The van der Waals surface area contributed by atoms with Crippen molar-refractivity contribution in [3.63, 3.8) is 0 Å². The van der Waals surface area contributed by atoms with E-state index < -0.39 is 24.5 Å². The van der Waals surface area contributed by atoms with Gasteiger partial charge in [-0.1, -0.05) is 12.1 Å². The lowest BCUT2D eigenvalue weighted by Crippen LogP contribution is -2.39. The predicted octanol–water partition coefficient (Wildman–Crippen LogP) is 0.716. The van der Waals surface area contributed by atoms with Gasteiger partial charge in [-0.3, -0.25) is 10.1 Å². The van der Waals surface area contributed by atoms with Gasteiger partial charge in [0.05, 0.1) is 14.2 Å². The van der Waals surface area contributed by atoms with Crippen molar-refractivity contribution in [1.29, 1.82) is 0 Å². The molecule has 124 valence electrons. The molecule has 1 rings (SSSR count). The molecule has 2 N–H and O–H groups in total. The van der Waals surface area contributed by atoms with Crippen LogP contribution < -0.4 is 20.1 Å². The molecule has 1 aromatic carbocycles. The van der Waals surface area contributed by atoms with Crippen molar-refractivity contribution in [2.24, 2.45) is 0 Å². The molecule has 0 aliphatic carbocycles. The van der Waals surface area contributed by atoms with E-state index >= 15 is 0 Å². The summed E-state index contributed by atoms with van der Waals surface area (Å²) in [6, 6.07) is 4.51. The highest BCUT2D eigenvalue weighted by Gasteiger charge is 2.09. The number of urea groups is 1. The molecule has 0 spiro atoms. The Labute approximate surface area is 133 Å². The van der Waals surface area contributed by atoms with E-state index in [0.717, 1.165) is 6.08 Å². The van der Waals surface area contributed by atoms with Crippen molar-refractivity contribution >= 4 is 24.0 Å². The summed E-state index contributed by atoms with van der Waals surface area (Å²) in [5.74, 6) is -0.476. The van der Waals surface area contributed by atoms with Gasteiger partial charge in [0.15, 0.2) is 18.1 Å². The normalized spacial score (nSPS) is 10.0. The van der Waals surface area contributed by atoms with Gasteiger partial charge in [-0.25, -0.2) is 9.59 Å². The summed E-state index contributed by atoms with van der Waals surface area (Å²) in [4.78, 5) is 33.7. The minimum atomic E-state index is -0.734. The molecule has 0 unspecified atom stereocenters. The lowest BCUT2D eigenvalue weighted by Gasteiger charge is -2.09. The third kappa shape index (κ3) is 5.70. The highest BCUT2D eigenvalue weighted by Crippen LogP contribution is 2.31. The van der Waals surface area contributed by atoms with Gasteiger partial charge in [-0.2, -0.15) is 0 Å². The molecule has 0 fully saturated rings. The molecule has 0 aromatic heterocycles. The Kier molecular flexibility index (Phi) is 7.12. The van der Waals surface area contributed by atoms with E-state index in [-0.39, 0.29) is 0 Å². The number of esters is 1. The molecule has 0 bridgehead atoms. The van der Waals surface area contributed by atoms with Gasteiger partial charge >= 0.3 is 12.0 Å². The average molecular weight is 322 g/mol. The minimum absolute atomic E-state index is 0.469. The van der Waals surface area contributed by atoms with Crippen molar-refractivity contribution in [3.8, 4) is 11.5 Å². The Balaban J connectivity index is 2.62. The van der Waals surface area contributed by atoms with Crippen LogP contribution >= 0.6 is 0 Å². The summed E-state index contributed by atoms with van der Waals surface area (Å²) >= 11 is 0. The standard InChI is InChI=1S/C15H18N2O6/c1-16-15(20)17-12(18)9-23-13(19)8-7-10-5-4-6-11(21-2)14(10)22-3/h4-8H,9H2,1-3H3,(H2,16,17,18,20)/b8-7+. The molecule has 23 heavy (non-hydrogen) atoms. The van der Waals surface area contributed by atoms with Gasteiger partial charge in [-0.05, 0) is 12.1 Å². The SMILES string of the molecule is CNC(=O)NC(=O)COC(=O)/C=C/c1cccc(OC)c1OC. The molecule has 0 aliphatic rings. The monoisotopic (exact) mass is 322 g/mol. The van der Waals surface area contributed by atoms with Crippen LogP contribution in [0.2, 0.25) is 0 Å². The minimum Gasteiger partial charge on any atom is -0.493 e. The summed E-state index contributed by atoms with van der Waals surface area (Å²) in [7, 11) is 4.35. The van der Waals surface area contributed by atoms with Crippen molar-refractivity contribution in [2.75, 3.05) is 27.9 Å². The number of para-hydroxylation sites is 1. The number of hydrogen-bond donors (Lipinski definition) is 2. The van der Waals surface area contributed by atoms with Crippen molar-refractivity contribution in [2.45, 2.75) is 0 Å². The van der Waals surface area contributed by atoms with E-state index in [1.807, 2.05) is 5.32 Å². The lowest BCUT2D eigenvalue weighted by molar-refractivity contribution is -0.143. The third-order valence-electron chi connectivity index (χ3n) is 2.66. The molecule has 1 aromatic rings. The largest absolute Gasteiger partial charge is 0.493 e. The van der Waals surface area contributed by atoms with E-state index in [4.69, 9.17) is 14.2 Å². The topological polar surface area (TPSA) is 103 Å². The van der Waals surface area contributed by atoms with E-state index in [9.17, 15) is 14.4 Å². The second-order valence-electron chi connectivity index (χ2n) is 4.15. The molecule has 0 heterocycles. The van der Waals surface area contributed by atoms with Crippen LogP contribution in [0.3, 0.4) is 0 Å². The van der Waals surface area contributed by atoms with Crippen molar-refractivity contribution in [1.82, 2.24) is 10.6 Å². The number of benzene rings is 1. The molecular weight excluding hydrogens is 304 g/mol. The molecule has 8 heteroatoms. The van der Waals surface area contributed by atoms with Gasteiger partial charge in [0.1, 0.15) is 0 Å². The van der Waals surface area contributed by atoms with Crippen LogP contribution in [0.15, 0.2) is 24.3 Å². The molecule has 0 saturated carbocycles. The second-order valence-corrected chi connectivity index (χ2v) is 4.15. The van der Waals surface area contributed by atoms with Crippen LogP contribution in [0, 0.1) is 0 Å². The number of carbonyl (C=O) groups excluding carboxylic acids is 3. The first-order valence-electron chi connectivity index (χ1n) is 6.59. The first-order chi connectivity index (χ1) is 11.0. The van der Waals surface area contributed by atoms with E-state index in [1.54, 1.807) is 18.2 Å². The second kappa shape index (κ2) is 9.08. The maximum atomic E-state index is 11.6. The number of carbonyl (C=O) groups is 3. The summed E-state index contributed by atoms with van der Waals surface area (Å²) in [6.45, 7) is -0.564. The number of amides is 3. The van der Waals surface area contributed by atoms with Gasteiger partial charge < -0.3 is 19.5 Å². The molecule has 3 amide bonds. The third-order valence-corrected chi connectivity index (χ3v) is 2.66. The van der Waals surface area contributed by atoms with Crippen LogP contribution in [0.1, 0.15) is 5.56 Å². The Hall–Kier alpha value is -3.03. The Morgan fingerprint density at radius 3 is 2.52 bits per heavy atom. The number of nitrogens with one attached hydrogen (secondary N) is 2. The van der Waals surface area contributed by atoms with Crippen LogP contribution in [0.5, 0.6) is 11.5 Å². The van der Waals surface area contributed by atoms with Crippen LogP contribution in [-0.4, -0.2) is 45.8 Å². The fraction of sp³-hybridized carbons (Fsp3) is 0.267. The average Bonchev–Trinajstić information content (AvgIpc) is 2.57. The van der Waals surface area contributed by atoms with E-state index in [2.05, 4.69) is 5.32 Å². The summed E-state index contributed by atoms with van der Waals surface area (Å²) in [5, 5.41) is 4.17. The van der Waals surface area contributed by atoms with Crippen LogP contribution in [0.4, 0.5) is 4.79 Å². The van der Waals surface area contributed by atoms with Crippen LogP contribution in [0.25, 0.3) is 6.08 Å². The Morgan fingerprint density at radius 1 is 1.17 bits per heavy atom. The predicted molar refractivity (Wildman–Crippen MR) is 82.1 cm³/mol. The molecular formula is C15H18N2O6. The fourth-order valence-electron chi connectivity index (χ4n) is 1.61. The zero-order valence-corrected chi connectivity index (χ0v) is 13.0. The molecule has 0 atom stereocenters. The number of hydrogen-bond acceptors (Lipinski definition) is 6. The van der Waals surface area contributed by atoms with E-state index in [1.165, 1.54) is 27.3 Å². The molecule has 0 saturated heterocycles. The Bertz CT molecular complexity index is 612. The highest BCUT2D eigenvalue weighted by molar-refractivity contribution is 5.96. The van der Waals surface area contributed by atoms with Crippen molar-refractivity contribution in [3.05, 3.63) is 29.8 Å². The zero-order chi connectivity index (χ0) is 17.2. The van der Waals surface area contributed by atoms with Gasteiger partial charge in [0, 0.05) is 18.7 Å². The molecule has 0 radical (unpaired) electrons. The number of methoxy groups -OCH3 is 2. The number of imide groups is 1. The quantitative estimate of drug-likeness (QED) is 0.591. The maximum absolute atomic E-state index is 11.6. The van der Waals surface area contributed by atoms with Gasteiger partial charge in [-0.15, -0.1) is 0 Å².